The van der Waals surface area contributed by atoms with Gasteiger partial charge in [0, 0.05) is 13.2 Å². The Kier molecular flexibility index (Phi) is 6.54. The van der Waals surface area contributed by atoms with Gasteiger partial charge < -0.3 is 19.3 Å². The summed E-state index contributed by atoms with van der Waals surface area (Å²) < 4.78 is 16.2. The number of hydrogen-bond acceptors (Lipinski definition) is 5. The molecule has 0 bridgehead atoms. The predicted molar refractivity (Wildman–Crippen MR) is 62.7 cm³/mol. The zero-order chi connectivity index (χ0) is 12.5. The fourth-order valence-corrected chi connectivity index (χ4v) is 1.27. The van der Waals surface area contributed by atoms with Gasteiger partial charge in [-0.3, -0.25) is 4.98 Å². The lowest BCUT2D eigenvalue weighted by molar-refractivity contribution is -0.152. The molecular weight excluding hydrogens is 222 g/mol. The molecule has 0 saturated carbocycles. The summed E-state index contributed by atoms with van der Waals surface area (Å²) in [6.45, 7) is 5.22. The van der Waals surface area contributed by atoms with Crippen LogP contribution in [0.5, 0.6) is 5.75 Å². The topological polar surface area (TPSA) is 60.8 Å². The van der Waals surface area contributed by atoms with Crippen LogP contribution in [0.2, 0.25) is 0 Å². The van der Waals surface area contributed by atoms with Gasteiger partial charge in [-0.15, -0.1) is 0 Å². The van der Waals surface area contributed by atoms with E-state index in [1.807, 2.05) is 13.8 Å². The Hall–Kier alpha value is -1.17. The van der Waals surface area contributed by atoms with E-state index in [9.17, 15) is 0 Å². The van der Waals surface area contributed by atoms with E-state index in [4.69, 9.17) is 19.3 Å². The second-order valence-corrected chi connectivity index (χ2v) is 3.29. The summed E-state index contributed by atoms with van der Waals surface area (Å²) in [6, 6.07) is 3.47. The standard InChI is InChI=1S/C12H19NO4/c1-3-15-12(16-4-2)9-17-11-6-5-10(8-14)13-7-11/h5-7,12,14H,3-4,8-9H2,1-2H3. The zero-order valence-electron chi connectivity index (χ0n) is 10.3. The lowest BCUT2D eigenvalue weighted by atomic mass is 10.3. The molecule has 1 aromatic heterocycles. The van der Waals surface area contributed by atoms with E-state index in [2.05, 4.69) is 4.98 Å². The lowest BCUT2D eigenvalue weighted by Crippen LogP contribution is -2.25. The minimum atomic E-state index is -0.359. The molecule has 1 heterocycles. The molecular formula is C12H19NO4. The minimum absolute atomic E-state index is 0.0687. The number of pyridine rings is 1. The Balaban J connectivity index is 2.41. The van der Waals surface area contributed by atoms with Gasteiger partial charge in [-0.25, -0.2) is 0 Å². The van der Waals surface area contributed by atoms with Gasteiger partial charge >= 0.3 is 0 Å². The zero-order valence-corrected chi connectivity index (χ0v) is 10.3. The lowest BCUT2D eigenvalue weighted by Gasteiger charge is -2.17. The molecule has 0 spiro atoms. The Morgan fingerprint density at radius 1 is 1.24 bits per heavy atom. The SMILES string of the molecule is CCOC(COc1ccc(CO)nc1)OCC. The largest absolute Gasteiger partial charge is 0.487 e. The van der Waals surface area contributed by atoms with Crippen LogP contribution in [0.1, 0.15) is 19.5 Å². The van der Waals surface area contributed by atoms with Gasteiger partial charge in [-0.2, -0.15) is 0 Å². The average Bonchev–Trinajstić information content (AvgIpc) is 2.37. The summed E-state index contributed by atoms with van der Waals surface area (Å²) in [5, 5.41) is 8.84. The van der Waals surface area contributed by atoms with Crippen molar-refractivity contribution in [3.63, 3.8) is 0 Å². The smallest absolute Gasteiger partial charge is 0.191 e. The van der Waals surface area contributed by atoms with Gasteiger partial charge in [0.1, 0.15) is 12.4 Å². The van der Waals surface area contributed by atoms with Crippen LogP contribution < -0.4 is 4.74 Å². The number of hydrogen-bond donors (Lipinski definition) is 1. The van der Waals surface area contributed by atoms with Crippen LogP contribution in [0, 0.1) is 0 Å². The summed E-state index contributed by atoms with van der Waals surface area (Å²) in [5.74, 6) is 0.631. The molecule has 1 N–H and O–H groups in total. The number of aliphatic hydroxyl groups is 1. The van der Waals surface area contributed by atoms with Crippen LogP contribution in [-0.4, -0.2) is 36.2 Å². The first kappa shape index (κ1) is 13.9. The molecule has 17 heavy (non-hydrogen) atoms. The molecule has 0 fully saturated rings. The molecule has 0 aliphatic heterocycles. The predicted octanol–water partition coefficient (Wildman–Crippen LogP) is 1.35. The van der Waals surface area contributed by atoms with Gasteiger partial charge in [0.15, 0.2) is 6.29 Å². The highest BCUT2D eigenvalue weighted by atomic mass is 16.7. The Bertz CT molecular complexity index is 296. The van der Waals surface area contributed by atoms with Crippen LogP contribution in [0.3, 0.4) is 0 Å². The van der Waals surface area contributed by atoms with E-state index in [1.165, 1.54) is 0 Å². The molecule has 0 aliphatic rings. The van der Waals surface area contributed by atoms with E-state index in [1.54, 1.807) is 18.3 Å². The fourth-order valence-electron chi connectivity index (χ4n) is 1.27. The number of ether oxygens (including phenoxy) is 3. The van der Waals surface area contributed by atoms with E-state index >= 15 is 0 Å². The molecule has 0 aliphatic carbocycles. The molecule has 0 radical (unpaired) electrons. The van der Waals surface area contributed by atoms with Crippen molar-refractivity contribution in [3.8, 4) is 5.75 Å². The van der Waals surface area contributed by atoms with Crippen molar-refractivity contribution in [3.05, 3.63) is 24.0 Å². The van der Waals surface area contributed by atoms with Crippen molar-refractivity contribution in [1.29, 1.82) is 0 Å². The third-order valence-corrected chi connectivity index (χ3v) is 2.05. The van der Waals surface area contributed by atoms with Crippen molar-refractivity contribution < 1.29 is 19.3 Å². The second kappa shape index (κ2) is 8.00. The molecule has 0 amide bonds. The normalized spacial score (nSPS) is 10.8. The first-order valence-corrected chi connectivity index (χ1v) is 5.71. The number of aliphatic hydroxyl groups excluding tert-OH is 1. The highest BCUT2D eigenvalue weighted by molar-refractivity contribution is 5.19. The molecule has 5 nitrogen and oxygen atoms in total. The molecule has 0 saturated heterocycles. The molecule has 96 valence electrons. The maximum Gasteiger partial charge on any atom is 0.191 e. The van der Waals surface area contributed by atoms with E-state index in [0.717, 1.165) is 0 Å². The van der Waals surface area contributed by atoms with Gasteiger partial charge in [0.05, 0.1) is 18.5 Å². The number of nitrogens with zero attached hydrogens (tertiary/aromatic N) is 1. The van der Waals surface area contributed by atoms with Gasteiger partial charge in [-0.05, 0) is 26.0 Å². The highest BCUT2D eigenvalue weighted by Gasteiger charge is 2.08. The molecule has 0 atom stereocenters. The summed E-state index contributed by atoms with van der Waals surface area (Å²) in [7, 11) is 0. The quantitative estimate of drug-likeness (QED) is 0.696. The highest BCUT2D eigenvalue weighted by Crippen LogP contribution is 2.10. The van der Waals surface area contributed by atoms with Gasteiger partial charge in [0.2, 0.25) is 0 Å². The minimum Gasteiger partial charge on any atom is -0.487 e. The summed E-state index contributed by atoms with van der Waals surface area (Å²) in [6.07, 6.45) is 1.21. The average molecular weight is 241 g/mol. The second-order valence-electron chi connectivity index (χ2n) is 3.29. The van der Waals surface area contributed by atoms with Crippen molar-refractivity contribution in [2.24, 2.45) is 0 Å². The monoisotopic (exact) mass is 241 g/mol. The third-order valence-electron chi connectivity index (χ3n) is 2.05. The van der Waals surface area contributed by atoms with Crippen molar-refractivity contribution in [2.45, 2.75) is 26.7 Å². The van der Waals surface area contributed by atoms with Crippen LogP contribution in [0.4, 0.5) is 0 Å². The fraction of sp³-hybridized carbons (Fsp3) is 0.583. The Morgan fingerprint density at radius 2 is 1.94 bits per heavy atom. The molecule has 0 unspecified atom stereocenters. The summed E-state index contributed by atoms with van der Waals surface area (Å²) in [5.41, 5.74) is 0.614. The van der Waals surface area contributed by atoms with Crippen molar-refractivity contribution in [1.82, 2.24) is 4.98 Å². The maximum atomic E-state index is 8.84. The first-order valence-electron chi connectivity index (χ1n) is 5.71. The van der Waals surface area contributed by atoms with Crippen molar-refractivity contribution in [2.75, 3.05) is 19.8 Å². The number of aromatic nitrogens is 1. The Morgan fingerprint density at radius 3 is 2.41 bits per heavy atom. The summed E-state index contributed by atoms with van der Waals surface area (Å²) >= 11 is 0. The first-order chi connectivity index (χ1) is 8.30. The van der Waals surface area contributed by atoms with E-state index < -0.39 is 0 Å². The molecule has 1 rings (SSSR count). The van der Waals surface area contributed by atoms with Crippen LogP contribution in [0.15, 0.2) is 18.3 Å². The van der Waals surface area contributed by atoms with Gasteiger partial charge in [0.25, 0.3) is 0 Å². The summed E-state index contributed by atoms with van der Waals surface area (Å²) in [4.78, 5) is 4.01. The van der Waals surface area contributed by atoms with E-state index in [-0.39, 0.29) is 12.9 Å². The molecule has 0 aromatic carbocycles. The molecule has 1 aromatic rings. The third kappa shape index (κ3) is 5.12. The Labute approximate surface area is 101 Å². The molecule has 5 heteroatoms. The van der Waals surface area contributed by atoms with E-state index in [0.29, 0.717) is 31.3 Å². The van der Waals surface area contributed by atoms with Crippen LogP contribution in [-0.2, 0) is 16.1 Å². The van der Waals surface area contributed by atoms with Crippen molar-refractivity contribution >= 4 is 0 Å². The maximum absolute atomic E-state index is 8.84. The van der Waals surface area contributed by atoms with Crippen LogP contribution in [0.25, 0.3) is 0 Å². The van der Waals surface area contributed by atoms with Gasteiger partial charge in [-0.1, -0.05) is 0 Å². The van der Waals surface area contributed by atoms with Crippen LogP contribution >= 0.6 is 0 Å². The number of rotatable bonds is 8.